The minimum Gasteiger partial charge on any atom is -0.469 e. The Labute approximate surface area is 191 Å². The molecule has 0 saturated heterocycles. The Bertz CT molecular complexity index is 1310. The molecular formula is C22H24N4O4S2. The van der Waals surface area contributed by atoms with E-state index in [1.165, 1.54) is 31.1 Å². The van der Waals surface area contributed by atoms with Crippen LogP contribution in [0.4, 0.5) is 0 Å². The average molecular weight is 473 g/mol. The van der Waals surface area contributed by atoms with E-state index < -0.39 is 15.3 Å². The van der Waals surface area contributed by atoms with Gasteiger partial charge in [-0.05, 0) is 37.6 Å². The van der Waals surface area contributed by atoms with Crippen molar-refractivity contribution in [1.29, 1.82) is 5.26 Å². The second-order valence-corrected chi connectivity index (χ2v) is 11.1. The van der Waals surface area contributed by atoms with Gasteiger partial charge in [-0.25, -0.2) is 13.4 Å². The number of carbonyl (C=O) groups excluding carboxylic acids is 1. The topological polar surface area (TPSA) is 114 Å². The van der Waals surface area contributed by atoms with Crippen molar-refractivity contribution in [3.05, 3.63) is 42.4 Å². The van der Waals surface area contributed by atoms with Gasteiger partial charge in [-0.1, -0.05) is 6.92 Å². The van der Waals surface area contributed by atoms with Gasteiger partial charge in [-0.15, -0.1) is 11.8 Å². The number of ether oxygens (including phenoxy) is 1. The largest absolute Gasteiger partial charge is 0.469 e. The molecule has 0 saturated carbocycles. The third-order valence-corrected chi connectivity index (χ3v) is 7.78. The first-order chi connectivity index (χ1) is 15.1. The summed E-state index contributed by atoms with van der Waals surface area (Å²) in [6, 6.07) is 7.48. The van der Waals surface area contributed by atoms with Crippen molar-refractivity contribution in [2.45, 2.75) is 42.4 Å². The molecule has 0 amide bonds. The standard InChI is InChI=1S/C22H24N4O4S2/c1-5-32(28,29)18-10-15(22(2,3)14-23)12-24-21(18)17-13-26-8-6-16(11-19(26)25-17)31-9-7-20(27)30-4/h6,8,10-13H,5,7,9H2,1-4H3. The predicted octanol–water partition coefficient (Wildman–Crippen LogP) is 3.65. The Kier molecular flexibility index (Phi) is 6.91. The third-order valence-electron chi connectivity index (χ3n) is 5.05. The third kappa shape index (κ3) is 4.95. The van der Waals surface area contributed by atoms with Gasteiger partial charge >= 0.3 is 5.97 Å². The molecule has 0 bridgehead atoms. The SMILES string of the molecule is CCS(=O)(=O)c1cc(C(C)(C)C#N)cnc1-c1cn2ccc(SCCC(=O)OC)cc2n1. The Morgan fingerprint density at radius 2 is 2.09 bits per heavy atom. The molecule has 0 aromatic carbocycles. The Morgan fingerprint density at radius 3 is 2.75 bits per heavy atom. The van der Waals surface area contributed by atoms with E-state index in [1.54, 1.807) is 31.4 Å². The van der Waals surface area contributed by atoms with E-state index in [0.717, 1.165) is 4.90 Å². The van der Waals surface area contributed by atoms with Crippen LogP contribution in [0.15, 0.2) is 46.6 Å². The van der Waals surface area contributed by atoms with E-state index in [0.29, 0.717) is 29.1 Å². The van der Waals surface area contributed by atoms with Gasteiger partial charge in [0.25, 0.3) is 0 Å². The molecule has 0 radical (unpaired) electrons. The maximum atomic E-state index is 12.8. The molecule has 10 heteroatoms. The zero-order valence-corrected chi connectivity index (χ0v) is 20.0. The number of rotatable bonds is 8. The van der Waals surface area contributed by atoms with E-state index in [1.807, 2.05) is 18.3 Å². The fourth-order valence-corrected chi connectivity index (χ4v) is 4.88. The fraction of sp³-hybridized carbons (Fsp3) is 0.364. The van der Waals surface area contributed by atoms with Crippen LogP contribution >= 0.6 is 11.8 Å². The van der Waals surface area contributed by atoms with Crippen molar-refractivity contribution < 1.29 is 17.9 Å². The first kappa shape index (κ1) is 23.8. The van der Waals surface area contributed by atoms with Crippen LogP contribution in [0.3, 0.4) is 0 Å². The van der Waals surface area contributed by atoms with E-state index in [-0.39, 0.29) is 22.3 Å². The average Bonchev–Trinajstić information content (AvgIpc) is 3.21. The van der Waals surface area contributed by atoms with Gasteiger partial charge in [-0.3, -0.25) is 9.78 Å². The Balaban J connectivity index is 2.02. The lowest BCUT2D eigenvalue weighted by Crippen LogP contribution is -2.16. The molecule has 8 nitrogen and oxygen atoms in total. The van der Waals surface area contributed by atoms with Crippen LogP contribution in [0.5, 0.6) is 0 Å². The summed E-state index contributed by atoms with van der Waals surface area (Å²) >= 11 is 1.51. The Hall–Kier alpha value is -2.90. The molecule has 0 unspecified atom stereocenters. The van der Waals surface area contributed by atoms with Crippen molar-refractivity contribution >= 4 is 33.2 Å². The van der Waals surface area contributed by atoms with E-state index in [2.05, 4.69) is 20.8 Å². The van der Waals surface area contributed by atoms with Crippen molar-refractivity contribution in [3.63, 3.8) is 0 Å². The maximum Gasteiger partial charge on any atom is 0.306 e. The van der Waals surface area contributed by atoms with Gasteiger partial charge in [0.15, 0.2) is 9.84 Å². The number of thioether (sulfide) groups is 1. The lowest BCUT2D eigenvalue weighted by Gasteiger charge is -2.17. The number of esters is 1. The van der Waals surface area contributed by atoms with Gasteiger partial charge in [0.2, 0.25) is 0 Å². The first-order valence-corrected chi connectivity index (χ1v) is 12.6. The number of hydrogen-bond donors (Lipinski definition) is 0. The molecule has 3 aromatic heterocycles. The molecule has 0 aliphatic carbocycles. The summed E-state index contributed by atoms with van der Waals surface area (Å²) in [5, 5.41) is 9.44. The number of hydrogen-bond acceptors (Lipinski definition) is 8. The summed E-state index contributed by atoms with van der Waals surface area (Å²) in [5.74, 6) is 0.222. The van der Waals surface area contributed by atoms with Gasteiger partial charge in [0.05, 0.1) is 35.7 Å². The number of pyridine rings is 2. The van der Waals surface area contributed by atoms with Crippen LogP contribution in [0, 0.1) is 11.3 Å². The fourth-order valence-electron chi connectivity index (χ4n) is 2.96. The molecule has 3 rings (SSSR count). The van der Waals surface area contributed by atoms with E-state index in [9.17, 15) is 18.5 Å². The minimum atomic E-state index is -3.61. The number of sulfone groups is 1. The van der Waals surface area contributed by atoms with Gasteiger partial charge in [0, 0.05) is 29.2 Å². The highest BCUT2D eigenvalue weighted by molar-refractivity contribution is 7.99. The highest BCUT2D eigenvalue weighted by atomic mass is 32.2. The minimum absolute atomic E-state index is 0.0666. The molecule has 3 aromatic rings. The summed E-state index contributed by atoms with van der Waals surface area (Å²) in [6.07, 6.45) is 5.39. The number of methoxy groups -OCH3 is 1. The molecule has 0 N–H and O–H groups in total. The monoisotopic (exact) mass is 472 g/mol. The molecular weight excluding hydrogens is 448 g/mol. The molecule has 0 aliphatic rings. The number of nitrogens with zero attached hydrogens (tertiary/aromatic N) is 4. The zero-order chi connectivity index (χ0) is 23.5. The number of aromatic nitrogens is 3. The van der Waals surface area contributed by atoms with Crippen LogP contribution in [-0.2, 0) is 24.8 Å². The van der Waals surface area contributed by atoms with Gasteiger partial charge in [-0.2, -0.15) is 5.26 Å². The second kappa shape index (κ2) is 9.30. The van der Waals surface area contributed by atoms with Crippen LogP contribution in [0.2, 0.25) is 0 Å². The molecule has 3 heterocycles. The van der Waals surface area contributed by atoms with Crippen molar-refractivity contribution in [2.75, 3.05) is 18.6 Å². The quantitative estimate of drug-likeness (QED) is 0.360. The van der Waals surface area contributed by atoms with Crippen molar-refractivity contribution in [1.82, 2.24) is 14.4 Å². The maximum absolute atomic E-state index is 12.8. The summed E-state index contributed by atoms with van der Waals surface area (Å²) in [7, 11) is -2.24. The molecule has 0 spiro atoms. The number of carbonyl (C=O) groups is 1. The lowest BCUT2D eigenvalue weighted by molar-refractivity contribution is -0.140. The highest BCUT2D eigenvalue weighted by Crippen LogP contribution is 2.31. The van der Waals surface area contributed by atoms with E-state index >= 15 is 0 Å². The summed E-state index contributed by atoms with van der Waals surface area (Å²) in [6.45, 7) is 5.01. The second-order valence-electron chi connectivity index (χ2n) is 7.64. The lowest BCUT2D eigenvalue weighted by atomic mass is 9.87. The van der Waals surface area contributed by atoms with E-state index in [4.69, 9.17) is 0 Å². The van der Waals surface area contributed by atoms with Crippen molar-refractivity contribution in [2.24, 2.45) is 0 Å². The normalized spacial score (nSPS) is 12.0. The first-order valence-electron chi connectivity index (χ1n) is 9.94. The van der Waals surface area contributed by atoms with Crippen LogP contribution in [0.25, 0.3) is 17.0 Å². The van der Waals surface area contributed by atoms with Gasteiger partial charge in [0.1, 0.15) is 17.0 Å². The molecule has 0 fully saturated rings. The number of nitriles is 1. The number of fused-ring (bicyclic) bond motifs is 1. The number of imidazole rings is 1. The smallest absolute Gasteiger partial charge is 0.306 e. The zero-order valence-electron chi connectivity index (χ0n) is 18.3. The summed E-state index contributed by atoms with van der Waals surface area (Å²) in [5.41, 5.74) is 0.969. The summed E-state index contributed by atoms with van der Waals surface area (Å²) < 4.78 is 32.1. The van der Waals surface area contributed by atoms with Crippen LogP contribution in [-0.4, -0.2) is 47.4 Å². The Morgan fingerprint density at radius 1 is 1.34 bits per heavy atom. The molecule has 168 valence electrons. The van der Waals surface area contributed by atoms with Crippen LogP contribution < -0.4 is 0 Å². The molecule has 0 atom stereocenters. The van der Waals surface area contributed by atoms with Crippen LogP contribution in [0.1, 0.15) is 32.8 Å². The summed E-state index contributed by atoms with van der Waals surface area (Å²) in [4.78, 5) is 21.3. The van der Waals surface area contributed by atoms with Gasteiger partial charge < -0.3 is 9.14 Å². The molecule has 32 heavy (non-hydrogen) atoms. The highest BCUT2D eigenvalue weighted by Gasteiger charge is 2.27. The van der Waals surface area contributed by atoms with Crippen molar-refractivity contribution in [3.8, 4) is 17.5 Å². The predicted molar refractivity (Wildman–Crippen MR) is 122 cm³/mol. The molecule has 0 aliphatic heterocycles.